The second-order valence-corrected chi connectivity index (χ2v) is 7.84. The third-order valence-electron chi connectivity index (χ3n) is 5.59. The summed E-state index contributed by atoms with van der Waals surface area (Å²) in [6.45, 7) is 4.94. The first-order valence-corrected chi connectivity index (χ1v) is 11.1. The first-order chi connectivity index (χ1) is 15.6. The zero-order valence-electron chi connectivity index (χ0n) is 19.5. The second kappa shape index (κ2) is 12.3. The van der Waals surface area contributed by atoms with Gasteiger partial charge in [-0.2, -0.15) is 0 Å². The highest BCUT2D eigenvalue weighted by molar-refractivity contribution is 5.80. The Bertz CT molecular complexity index is 881. The Labute approximate surface area is 191 Å². The van der Waals surface area contributed by atoms with Gasteiger partial charge in [-0.15, -0.1) is 0 Å². The van der Waals surface area contributed by atoms with Gasteiger partial charge < -0.3 is 29.6 Å². The minimum atomic E-state index is -0.0227. The molecule has 0 bridgehead atoms. The largest absolute Gasteiger partial charge is 0.497 e. The number of hydrogen-bond acceptors (Lipinski definition) is 5. The summed E-state index contributed by atoms with van der Waals surface area (Å²) in [6, 6.07) is 14.2. The molecule has 0 radical (unpaired) electrons. The summed E-state index contributed by atoms with van der Waals surface area (Å²) in [6.07, 6.45) is 2.24. The molecule has 0 saturated carbocycles. The summed E-state index contributed by atoms with van der Waals surface area (Å²) in [5.41, 5.74) is 3.35. The number of aliphatic imine (C=N–C) groups is 1. The molecule has 0 amide bonds. The minimum absolute atomic E-state index is 0.0227. The summed E-state index contributed by atoms with van der Waals surface area (Å²) in [7, 11) is 5.10. The Morgan fingerprint density at radius 3 is 2.59 bits per heavy atom. The lowest BCUT2D eigenvalue weighted by Crippen LogP contribution is -2.38. The van der Waals surface area contributed by atoms with Gasteiger partial charge in [0.15, 0.2) is 5.96 Å². The summed E-state index contributed by atoms with van der Waals surface area (Å²) in [4.78, 5) is 4.37. The van der Waals surface area contributed by atoms with E-state index in [0.717, 1.165) is 43.1 Å². The van der Waals surface area contributed by atoms with Crippen LogP contribution in [0.2, 0.25) is 0 Å². The number of rotatable bonds is 9. The van der Waals surface area contributed by atoms with Crippen LogP contribution in [0.5, 0.6) is 11.5 Å². The Morgan fingerprint density at radius 1 is 1.09 bits per heavy atom. The van der Waals surface area contributed by atoms with Crippen molar-refractivity contribution in [2.75, 3.05) is 34.5 Å². The lowest BCUT2D eigenvalue weighted by molar-refractivity contribution is -0.0390. The predicted molar refractivity (Wildman–Crippen MR) is 126 cm³/mol. The van der Waals surface area contributed by atoms with E-state index < -0.39 is 0 Å². The Kier molecular flexibility index (Phi) is 9.19. The quantitative estimate of drug-likeness (QED) is 0.455. The monoisotopic (exact) mass is 441 g/mol. The molecule has 1 unspecified atom stereocenters. The zero-order valence-corrected chi connectivity index (χ0v) is 19.5. The number of guanidine groups is 1. The molecule has 3 rings (SSSR count). The van der Waals surface area contributed by atoms with Gasteiger partial charge >= 0.3 is 0 Å². The van der Waals surface area contributed by atoms with Crippen molar-refractivity contribution < 1.29 is 18.9 Å². The van der Waals surface area contributed by atoms with Crippen LogP contribution in [0, 0.1) is 0 Å². The standard InChI is InChI=1S/C25H35N3O4/c1-18(23-15-22(29-3)8-9-24(23)30-4)28-25(26-2)27-16-19-6-5-7-20(14-19)17-32-21-10-12-31-13-11-21/h5-9,14-15,18,21H,10-13,16-17H2,1-4H3,(H2,26,27,28). The van der Waals surface area contributed by atoms with E-state index in [4.69, 9.17) is 18.9 Å². The normalized spacial score (nSPS) is 15.8. The van der Waals surface area contributed by atoms with Crippen LogP contribution < -0.4 is 20.1 Å². The molecule has 0 aromatic heterocycles. The van der Waals surface area contributed by atoms with Gasteiger partial charge in [0, 0.05) is 32.4 Å². The average molecular weight is 442 g/mol. The van der Waals surface area contributed by atoms with E-state index in [1.165, 1.54) is 11.1 Å². The number of nitrogens with one attached hydrogen (secondary N) is 2. The minimum Gasteiger partial charge on any atom is -0.497 e. The molecule has 2 aromatic carbocycles. The molecule has 1 fully saturated rings. The van der Waals surface area contributed by atoms with E-state index in [0.29, 0.717) is 25.2 Å². The topological polar surface area (TPSA) is 73.3 Å². The molecule has 7 heteroatoms. The van der Waals surface area contributed by atoms with Crippen LogP contribution in [-0.4, -0.2) is 46.5 Å². The maximum atomic E-state index is 6.05. The Morgan fingerprint density at radius 2 is 1.88 bits per heavy atom. The van der Waals surface area contributed by atoms with Crippen molar-refractivity contribution in [3.63, 3.8) is 0 Å². The van der Waals surface area contributed by atoms with Crippen LogP contribution in [0.1, 0.15) is 42.5 Å². The van der Waals surface area contributed by atoms with Gasteiger partial charge in [0.1, 0.15) is 11.5 Å². The number of nitrogens with zero attached hydrogens (tertiary/aromatic N) is 1. The molecule has 7 nitrogen and oxygen atoms in total. The van der Waals surface area contributed by atoms with Crippen molar-refractivity contribution in [1.29, 1.82) is 0 Å². The van der Waals surface area contributed by atoms with E-state index in [2.05, 4.69) is 46.8 Å². The molecular formula is C25H35N3O4. The SMILES string of the molecule is CN=C(NCc1cccc(COC2CCOCC2)c1)NC(C)c1cc(OC)ccc1OC. The van der Waals surface area contributed by atoms with Gasteiger partial charge in [-0.1, -0.05) is 24.3 Å². The summed E-state index contributed by atoms with van der Waals surface area (Å²) in [5, 5.41) is 6.82. The van der Waals surface area contributed by atoms with E-state index in [-0.39, 0.29) is 6.04 Å². The predicted octanol–water partition coefficient (Wildman–Crippen LogP) is 3.83. The third-order valence-corrected chi connectivity index (χ3v) is 5.59. The lowest BCUT2D eigenvalue weighted by atomic mass is 10.1. The van der Waals surface area contributed by atoms with Gasteiger partial charge in [-0.3, -0.25) is 4.99 Å². The molecule has 0 aliphatic carbocycles. The van der Waals surface area contributed by atoms with Crippen LogP contribution in [-0.2, 0) is 22.6 Å². The molecule has 1 aliphatic rings. The van der Waals surface area contributed by atoms with Crippen LogP contribution in [0.25, 0.3) is 0 Å². The van der Waals surface area contributed by atoms with Gasteiger partial charge in [-0.05, 0) is 49.1 Å². The molecular weight excluding hydrogens is 406 g/mol. The molecule has 1 atom stereocenters. The molecule has 1 saturated heterocycles. The van der Waals surface area contributed by atoms with E-state index >= 15 is 0 Å². The zero-order chi connectivity index (χ0) is 22.8. The maximum Gasteiger partial charge on any atom is 0.191 e. The summed E-state index contributed by atoms with van der Waals surface area (Å²) in [5.74, 6) is 2.31. The molecule has 1 aliphatic heterocycles. The average Bonchev–Trinajstić information content (AvgIpc) is 2.85. The van der Waals surface area contributed by atoms with Gasteiger partial charge in [0.25, 0.3) is 0 Å². The van der Waals surface area contributed by atoms with Crippen molar-refractivity contribution in [2.45, 2.75) is 45.1 Å². The first kappa shape index (κ1) is 23.9. The number of methoxy groups -OCH3 is 2. The van der Waals surface area contributed by atoms with Gasteiger partial charge in [0.05, 0.1) is 33.0 Å². The molecule has 32 heavy (non-hydrogen) atoms. The molecule has 1 heterocycles. The first-order valence-electron chi connectivity index (χ1n) is 11.1. The Hall–Kier alpha value is -2.77. The van der Waals surface area contributed by atoms with Gasteiger partial charge in [-0.25, -0.2) is 0 Å². The van der Waals surface area contributed by atoms with E-state index in [1.54, 1.807) is 21.3 Å². The smallest absolute Gasteiger partial charge is 0.191 e. The Balaban J connectivity index is 1.55. The highest BCUT2D eigenvalue weighted by atomic mass is 16.5. The van der Waals surface area contributed by atoms with E-state index in [1.807, 2.05) is 18.2 Å². The molecule has 2 aromatic rings. The van der Waals surface area contributed by atoms with Gasteiger partial charge in [0.2, 0.25) is 0 Å². The number of benzene rings is 2. The molecule has 2 N–H and O–H groups in total. The fourth-order valence-electron chi connectivity index (χ4n) is 3.73. The summed E-state index contributed by atoms with van der Waals surface area (Å²) < 4.78 is 22.3. The van der Waals surface area contributed by atoms with E-state index in [9.17, 15) is 0 Å². The molecule has 174 valence electrons. The van der Waals surface area contributed by atoms with Crippen LogP contribution in [0.15, 0.2) is 47.5 Å². The van der Waals surface area contributed by atoms with Crippen molar-refractivity contribution in [1.82, 2.24) is 10.6 Å². The number of ether oxygens (including phenoxy) is 4. The highest BCUT2D eigenvalue weighted by Crippen LogP contribution is 2.29. The molecule has 0 spiro atoms. The van der Waals surface area contributed by atoms with Crippen molar-refractivity contribution >= 4 is 5.96 Å². The lowest BCUT2D eigenvalue weighted by Gasteiger charge is -2.22. The van der Waals surface area contributed by atoms with Crippen LogP contribution in [0.3, 0.4) is 0 Å². The maximum absolute atomic E-state index is 6.05. The third kappa shape index (κ3) is 6.87. The highest BCUT2D eigenvalue weighted by Gasteiger charge is 2.15. The van der Waals surface area contributed by atoms with Crippen molar-refractivity contribution in [3.05, 3.63) is 59.2 Å². The van der Waals surface area contributed by atoms with Crippen molar-refractivity contribution in [3.8, 4) is 11.5 Å². The van der Waals surface area contributed by atoms with Crippen molar-refractivity contribution in [2.24, 2.45) is 4.99 Å². The fourth-order valence-corrected chi connectivity index (χ4v) is 3.73. The fraction of sp³-hybridized carbons (Fsp3) is 0.480. The second-order valence-electron chi connectivity index (χ2n) is 7.84. The van der Waals surface area contributed by atoms with Crippen LogP contribution in [0.4, 0.5) is 0 Å². The number of hydrogen-bond donors (Lipinski definition) is 2. The summed E-state index contributed by atoms with van der Waals surface area (Å²) >= 11 is 0. The van der Waals surface area contributed by atoms with Crippen LogP contribution >= 0.6 is 0 Å².